The fraction of sp³-hybridized carbons (Fsp3) is 0.133. The van der Waals surface area contributed by atoms with Gasteiger partial charge in [0.25, 0.3) is 0 Å². The van der Waals surface area contributed by atoms with Crippen molar-refractivity contribution in [1.82, 2.24) is 0 Å². The van der Waals surface area contributed by atoms with Crippen LogP contribution in [0.25, 0.3) is 0 Å². The lowest BCUT2D eigenvalue weighted by Crippen LogP contribution is -2.11. The number of carbonyl (C=O) groups excluding carboxylic acids is 1. The first kappa shape index (κ1) is 15.5. The highest BCUT2D eigenvalue weighted by molar-refractivity contribution is 6.30. The topological polar surface area (TPSA) is 17.1 Å². The number of alkyl halides is 3. The number of halogens is 5. The molecular formula is C15H9ClF4O. The van der Waals surface area contributed by atoms with Gasteiger partial charge in [-0.05, 0) is 35.9 Å². The van der Waals surface area contributed by atoms with Gasteiger partial charge in [0.15, 0.2) is 5.78 Å². The Hall–Kier alpha value is -1.88. The Balaban J connectivity index is 2.25. The average molecular weight is 317 g/mol. The number of Topliss-reactive ketones (excluding diaryl/α,β-unsaturated/α-hetero) is 1. The predicted molar refractivity (Wildman–Crippen MR) is 70.9 cm³/mol. The Morgan fingerprint density at radius 3 is 2.24 bits per heavy atom. The Morgan fingerprint density at radius 1 is 1.05 bits per heavy atom. The highest BCUT2D eigenvalue weighted by Gasteiger charge is 2.34. The summed E-state index contributed by atoms with van der Waals surface area (Å²) in [4.78, 5) is 12.0. The van der Waals surface area contributed by atoms with Crippen LogP contribution in [0, 0.1) is 5.82 Å². The Labute approximate surface area is 123 Å². The van der Waals surface area contributed by atoms with Crippen LogP contribution in [-0.4, -0.2) is 5.78 Å². The van der Waals surface area contributed by atoms with E-state index in [1.54, 1.807) is 24.3 Å². The number of benzene rings is 2. The minimum Gasteiger partial charge on any atom is -0.294 e. The first-order valence-electron chi connectivity index (χ1n) is 5.92. The summed E-state index contributed by atoms with van der Waals surface area (Å²) >= 11 is 5.70. The molecule has 0 saturated heterocycles. The van der Waals surface area contributed by atoms with Crippen molar-refractivity contribution in [1.29, 1.82) is 0 Å². The van der Waals surface area contributed by atoms with Crippen LogP contribution >= 0.6 is 11.6 Å². The average Bonchev–Trinajstić information content (AvgIpc) is 2.40. The molecule has 0 unspecified atom stereocenters. The van der Waals surface area contributed by atoms with Gasteiger partial charge in [0.1, 0.15) is 5.82 Å². The smallest absolute Gasteiger partial charge is 0.294 e. The van der Waals surface area contributed by atoms with Crippen molar-refractivity contribution in [2.45, 2.75) is 12.6 Å². The molecule has 0 aliphatic heterocycles. The maximum absolute atomic E-state index is 13.2. The van der Waals surface area contributed by atoms with Crippen molar-refractivity contribution in [2.75, 3.05) is 0 Å². The lowest BCUT2D eigenvalue weighted by Gasteiger charge is -2.09. The van der Waals surface area contributed by atoms with Crippen LogP contribution in [0.15, 0.2) is 42.5 Å². The number of hydrogen-bond acceptors (Lipinski definition) is 1. The van der Waals surface area contributed by atoms with Crippen LogP contribution < -0.4 is 0 Å². The van der Waals surface area contributed by atoms with E-state index in [1.807, 2.05) is 0 Å². The highest BCUT2D eigenvalue weighted by atomic mass is 35.5. The molecule has 0 bridgehead atoms. The first-order chi connectivity index (χ1) is 9.77. The zero-order valence-corrected chi connectivity index (χ0v) is 11.3. The molecule has 0 spiro atoms. The summed E-state index contributed by atoms with van der Waals surface area (Å²) in [5, 5.41) is 0.493. The van der Waals surface area contributed by atoms with E-state index in [1.165, 1.54) is 0 Å². The molecule has 0 aromatic heterocycles. The van der Waals surface area contributed by atoms with Crippen molar-refractivity contribution in [3.05, 3.63) is 70.0 Å². The molecular weight excluding hydrogens is 308 g/mol. The SMILES string of the molecule is O=C(Cc1ccc(Cl)cc1)c1ccc(F)c(C(F)(F)F)c1. The molecule has 0 radical (unpaired) electrons. The number of ketones is 1. The largest absolute Gasteiger partial charge is 0.419 e. The minimum absolute atomic E-state index is 0.0832. The van der Waals surface area contributed by atoms with E-state index in [4.69, 9.17) is 11.6 Å². The highest BCUT2D eigenvalue weighted by Crippen LogP contribution is 2.32. The maximum Gasteiger partial charge on any atom is 0.419 e. The third kappa shape index (κ3) is 3.82. The third-order valence-corrected chi connectivity index (χ3v) is 3.12. The Morgan fingerprint density at radius 2 is 1.67 bits per heavy atom. The monoisotopic (exact) mass is 316 g/mol. The van der Waals surface area contributed by atoms with Crippen LogP contribution in [0.5, 0.6) is 0 Å². The van der Waals surface area contributed by atoms with Crippen molar-refractivity contribution in [3.8, 4) is 0 Å². The molecule has 1 nitrogen and oxygen atoms in total. The quantitative estimate of drug-likeness (QED) is 0.580. The molecule has 0 aliphatic rings. The van der Waals surface area contributed by atoms with Gasteiger partial charge in [-0.15, -0.1) is 0 Å². The van der Waals surface area contributed by atoms with E-state index in [9.17, 15) is 22.4 Å². The Bertz CT molecular complexity index is 662. The second kappa shape index (κ2) is 5.85. The summed E-state index contributed by atoms with van der Waals surface area (Å²) in [6, 6.07) is 8.60. The standard InChI is InChI=1S/C15H9ClF4O/c16-11-4-1-9(2-5-11)7-14(21)10-3-6-13(17)12(8-10)15(18,19)20/h1-6,8H,7H2. The van der Waals surface area contributed by atoms with Gasteiger partial charge >= 0.3 is 6.18 Å². The van der Waals surface area contributed by atoms with E-state index >= 15 is 0 Å². The van der Waals surface area contributed by atoms with Gasteiger partial charge in [-0.1, -0.05) is 23.7 Å². The zero-order valence-electron chi connectivity index (χ0n) is 10.5. The number of carbonyl (C=O) groups is 1. The van der Waals surface area contributed by atoms with Gasteiger partial charge < -0.3 is 0 Å². The fourth-order valence-electron chi connectivity index (χ4n) is 1.81. The molecule has 2 aromatic carbocycles. The summed E-state index contributed by atoms with van der Waals surface area (Å²) < 4.78 is 50.9. The molecule has 0 heterocycles. The summed E-state index contributed by atoms with van der Waals surface area (Å²) in [6.07, 6.45) is -4.92. The van der Waals surface area contributed by atoms with Gasteiger partial charge in [0.2, 0.25) is 0 Å². The molecule has 2 aromatic rings. The normalized spacial score (nSPS) is 11.5. The van der Waals surface area contributed by atoms with Crippen LogP contribution in [0.2, 0.25) is 5.02 Å². The van der Waals surface area contributed by atoms with E-state index < -0.39 is 23.3 Å². The molecule has 110 valence electrons. The van der Waals surface area contributed by atoms with Gasteiger partial charge in [-0.25, -0.2) is 4.39 Å². The zero-order chi connectivity index (χ0) is 15.6. The Kier molecular flexibility index (Phi) is 4.32. The van der Waals surface area contributed by atoms with Crippen molar-refractivity contribution < 1.29 is 22.4 Å². The maximum atomic E-state index is 13.2. The van der Waals surface area contributed by atoms with Gasteiger partial charge in [0, 0.05) is 17.0 Å². The fourth-order valence-corrected chi connectivity index (χ4v) is 1.93. The summed E-state index contributed by atoms with van der Waals surface area (Å²) in [6.45, 7) is 0. The van der Waals surface area contributed by atoms with Crippen LogP contribution in [0.4, 0.5) is 17.6 Å². The van der Waals surface area contributed by atoms with Crippen LogP contribution in [-0.2, 0) is 12.6 Å². The third-order valence-electron chi connectivity index (χ3n) is 2.87. The molecule has 21 heavy (non-hydrogen) atoms. The molecule has 2 rings (SSSR count). The van der Waals surface area contributed by atoms with Crippen LogP contribution in [0.3, 0.4) is 0 Å². The first-order valence-corrected chi connectivity index (χ1v) is 6.29. The van der Waals surface area contributed by atoms with E-state index in [0.717, 1.165) is 6.07 Å². The van der Waals surface area contributed by atoms with Gasteiger partial charge in [-0.2, -0.15) is 13.2 Å². The van der Waals surface area contributed by atoms with Crippen molar-refractivity contribution in [3.63, 3.8) is 0 Å². The molecule has 0 aliphatic carbocycles. The molecule has 0 fully saturated rings. The van der Waals surface area contributed by atoms with Gasteiger partial charge in [0.05, 0.1) is 5.56 Å². The van der Waals surface area contributed by atoms with E-state index in [-0.39, 0.29) is 12.0 Å². The summed E-state index contributed by atoms with van der Waals surface area (Å²) in [5.74, 6) is -1.92. The number of hydrogen-bond donors (Lipinski definition) is 0. The molecule has 0 amide bonds. The van der Waals surface area contributed by atoms with Gasteiger partial charge in [-0.3, -0.25) is 4.79 Å². The summed E-state index contributed by atoms with van der Waals surface area (Å²) in [5.41, 5.74) is -1.01. The lowest BCUT2D eigenvalue weighted by atomic mass is 10.0. The second-order valence-corrected chi connectivity index (χ2v) is 4.86. The van der Waals surface area contributed by atoms with E-state index in [0.29, 0.717) is 22.7 Å². The summed E-state index contributed by atoms with van der Waals surface area (Å²) in [7, 11) is 0. The molecule has 0 saturated carbocycles. The number of rotatable bonds is 3. The van der Waals surface area contributed by atoms with Crippen molar-refractivity contribution in [2.24, 2.45) is 0 Å². The molecule has 0 atom stereocenters. The molecule has 0 N–H and O–H groups in total. The second-order valence-electron chi connectivity index (χ2n) is 4.42. The van der Waals surface area contributed by atoms with Crippen LogP contribution in [0.1, 0.15) is 21.5 Å². The minimum atomic E-state index is -4.83. The van der Waals surface area contributed by atoms with Crippen molar-refractivity contribution >= 4 is 17.4 Å². The lowest BCUT2D eigenvalue weighted by molar-refractivity contribution is -0.140. The molecule has 6 heteroatoms. The van der Waals surface area contributed by atoms with E-state index in [2.05, 4.69) is 0 Å². The predicted octanol–water partition coefficient (Wildman–Crippen LogP) is 4.92.